The maximum Gasteiger partial charge on any atom is 0.245 e. The van der Waals surface area contributed by atoms with Crippen molar-refractivity contribution in [1.82, 2.24) is 25.6 Å². The Morgan fingerprint density at radius 1 is 1.00 bits per heavy atom. The molecule has 3 heterocycles. The van der Waals surface area contributed by atoms with E-state index in [-0.39, 0.29) is 0 Å². The number of nitrogens with zero attached hydrogens (tertiary/aromatic N) is 4. The van der Waals surface area contributed by atoms with Crippen LogP contribution in [0.1, 0.15) is 12.8 Å². The number of rotatable bonds is 4. The summed E-state index contributed by atoms with van der Waals surface area (Å²) in [5, 5.41) is 18.4. The van der Waals surface area contributed by atoms with Gasteiger partial charge in [-0.05, 0) is 54.4 Å². The highest BCUT2D eigenvalue weighted by Gasteiger charge is 2.18. The number of hydrogen-bond donors (Lipinski definition) is 3. The second kappa shape index (κ2) is 6.99. The monoisotopic (exact) mass is 379 g/mol. The second-order valence-electron chi connectivity index (χ2n) is 5.75. The third kappa shape index (κ3) is 3.60. The van der Waals surface area contributed by atoms with Crippen LogP contribution >= 0.6 is 23.2 Å². The van der Waals surface area contributed by atoms with Gasteiger partial charge < -0.3 is 16.0 Å². The van der Waals surface area contributed by atoms with Gasteiger partial charge in [-0.2, -0.15) is 0 Å². The van der Waals surface area contributed by atoms with Crippen molar-refractivity contribution in [1.29, 1.82) is 0 Å². The summed E-state index contributed by atoms with van der Waals surface area (Å²) in [6, 6.07) is 5.57. The second-order valence-corrected chi connectivity index (χ2v) is 6.57. The standard InChI is InChI=1S/C15H15Cl2N7O/c16-10-2-1-9(7-11(10)17)20-13-12(19-8-3-5-18-6-4-8)21-14-15(22-13)24-25-23-14/h1-2,7-8,18H,3-6H2,(H,19,21,23)(H,20,22,24). The fourth-order valence-corrected chi connectivity index (χ4v) is 2.99. The zero-order chi connectivity index (χ0) is 17.2. The summed E-state index contributed by atoms with van der Waals surface area (Å²) in [6.45, 7) is 1.93. The maximum absolute atomic E-state index is 6.09. The van der Waals surface area contributed by atoms with E-state index in [1.807, 2.05) is 6.07 Å². The van der Waals surface area contributed by atoms with Gasteiger partial charge in [0.25, 0.3) is 0 Å². The van der Waals surface area contributed by atoms with Crippen LogP contribution in [0.4, 0.5) is 17.3 Å². The van der Waals surface area contributed by atoms with Crippen molar-refractivity contribution >= 4 is 51.8 Å². The molecular formula is C15H15Cl2N7O. The van der Waals surface area contributed by atoms with Crippen molar-refractivity contribution in [3.05, 3.63) is 28.2 Å². The number of anilines is 3. The Bertz CT molecular complexity index is 895. The molecule has 4 rings (SSSR count). The zero-order valence-corrected chi connectivity index (χ0v) is 14.6. The van der Waals surface area contributed by atoms with Crippen LogP contribution in [-0.4, -0.2) is 39.4 Å². The van der Waals surface area contributed by atoms with Gasteiger partial charge in [0.1, 0.15) is 0 Å². The van der Waals surface area contributed by atoms with Gasteiger partial charge >= 0.3 is 0 Å². The summed E-state index contributed by atoms with van der Waals surface area (Å²) >= 11 is 12.1. The predicted molar refractivity (Wildman–Crippen MR) is 96.7 cm³/mol. The Balaban J connectivity index is 1.67. The first-order chi connectivity index (χ1) is 12.2. The Labute approximate surface area is 153 Å². The lowest BCUT2D eigenvalue weighted by Gasteiger charge is -2.24. The normalized spacial score (nSPS) is 15.4. The molecule has 0 amide bonds. The smallest absolute Gasteiger partial charge is 0.245 e. The first kappa shape index (κ1) is 16.3. The average Bonchev–Trinajstić information content (AvgIpc) is 3.06. The van der Waals surface area contributed by atoms with Crippen LogP contribution in [0.2, 0.25) is 10.0 Å². The summed E-state index contributed by atoms with van der Waals surface area (Å²) in [5.41, 5.74) is 1.43. The molecule has 1 aliphatic heterocycles. The largest absolute Gasteiger partial charge is 0.364 e. The molecule has 1 saturated heterocycles. The summed E-state index contributed by atoms with van der Waals surface area (Å²) in [5.74, 6) is 1.13. The van der Waals surface area contributed by atoms with Crippen molar-refractivity contribution in [2.45, 2.75) is 18.9 Å². The number of piperidine rings is 1. The fourth-order valence-electron chi connectivity index (χ4n) is 2.70. The molecule has 0 atom stereocenters. The van der Waals surface area contributed by atoms with Crippen molar-refractivity contribution in [3.8, 4) is 0 Å². The average molecular weight is 380 g/mol. The van der Waals surface area contributed by atoms with Crippen molar-refractivity contribution in [3.63, 3.8) is 0 Å². The van der Waals surface area contributed by atoms with Gasteiger partial charge in [0.2, 0.25) is 11.3 Å². The van der Waals surface area contributed by atoms with Crippen LogP contribution in [0.25, 0.3) is 11.3 Å². The van der Waals surface area contributed by atoms with Crippen LogP contribution in [0, 0.1) is 0 Å². The molecule has 3 aromatic rings. The number of benzene rings is 1. The molecule has 8 nitrogen and oxygen atoms in total. The summed E-state index contributed by atoms with van der Waals surface area (Å²) in [4.78, 5) is 8.94. The van der Waals surface area contributed by atoms with Gasteiger partial charge in [-0.1, -0.05) is 23.2 Å². The highest BCUT2D eigenvalue weighted by Crippen LogP contribution is 2.29. The summed E-state index contributed by atoms with van der Waals surface area (Å²) in [7, 11) is 0. The third-order valence-electron chi connectivity index (χ3n) is 3.98. The lowest BCUT2D eigenvalue weighted by atomic mass is 10.1. The molecule has 0 aliphatic carbocycles. The van der Waals surface area contributed by atoms with E-state index >= 15 is 0 Å². The molecule has 10 heteroatoms. The van der Waals surface area contributed by atoms with Crippen LogP contribution < -0.4 is 16.0 Å². The van der Waals surface area contributed by atoms with Crippen LogP contribution in [-0.2, 0) is 0 Å². The molecular weight excluding hydrogens is 365 g/mol. The van der Waals surface area contributed by atoms with E-state index in [1.54, 1.807) is 12.1 Å². The quantitative estimate of drug-likeness (QED) is 0.634. The molecule has 0 unspecified atom stereocenters. The van der Waals surface area contributed by atoms with E-state index in [1.165, 1.54) is 0 Å². The van der Waals surface area contributed by atoms with E-state index in [4.69, 9.17) is 27.8 Å². The molecule has 0 radical (unpaired) electrons. The Hall–Kier alpha value is -2.16. The third-order valence-corrected chi connectivity index (χ3v) is 4.72. The minimum atomic E-state index is 0.308. The van der Waals surface area contributed by atoms with E-state index in [9.17, 15) is 0 Å². The minimum absolute atomic E-state index is 0.308. The SMILES string of the molecule is Clc1ccc(Nc2nc3nonc3nc2NC2CCNCC2)cc1Cl. The lowest BCUT2D eigenvalue weighted by molar-refractivity contribution is 0.314. The van der Waals surface area contributed by atoms with Gasteiger partial charge in [0.05, 0.1) is 10.0 Å². The first-order valence-corrected chi connectivity index (χ1v) is 8.64. The Kier molecular flexibility index (Phi) is 4.56. The van der Waals surface area contributed by atoms with Gasteiger partial charge in [0, 0.05) is 11.7 Å². The van der Waals surface area contributed by atoms with Crippen molar-refractivity contribution in [2.75, 3.05) is 23.7 Å². The number of aromatic nitrogens is 4. The molecule has 3 N–H and O–H groups in total. The molecule has 0 bridgehead atoms. The Morgan fingerprint density at radius 2 is 1.72 bits per heavy atom. The topological polar surface area (TPSA) is 101 Å². The molecule has 130 valence electrons. The first-order valence-electron chi connectivity index (χ1n) is 7.89. The van der Waals surface area contributed by atoms with Gasteiger partial charge in [-0.15, -0.1) is 0 Å². The number of nitrogens with one attached hydrogen (secondary N) is 3. The number of fused-ring (bicyclic) bond motifs is 1. The molecule has 1 fully saturated rings. The minimum Gasteiger partial charge on any atom is -0.364 e. The molecule has 25 heavy (non-hydrogen) atoms. The number of halogens is 2. The zero-order valence-electron chi connectivity index (χ0n) is 13.1. The number of hydrogen-bond acceptors (Lipinski definition) is 8. The highest BCUT2D eigenvalue weighted by molar-refractivity contribution is 6.42. The van der Waals surface area contributed by atoms with Gasteiger partial charge in [-0.3, -0.25) is 0 Å². The fraction of sp³-hybridized carbons (Fsp3) is 0.333. The van der Waals surface area contributed by atoms with E-state index in [0.717, 1.165) is 31.6 Å². The van der Waals surface area contributed by atoms with Crippen LogP contribution in [0.5, 0.6) is 0 Å². The predicted octanol–water partition coefficient (Wildman–Crippen LogP) is 3.23. The van der Waals surface area contributed by atoms with E-state index in [2.05, 4.69) is 36.2 Å². The molecule has 0 spiro atoms. The molecule has 1 aliphatic rings. The molecule has 2 aromatic heterocycles. The van der Waals surface area contributed by atoms with Crippen molar-refractivity contribution < 1.29 is 4.63 Å². The maximum atomic E-state index is 6.09. The molecule has 1 aromatic carbocycles. The van der Waals surface area contributed by atoms with Crippen LogP contribution in [0.15, 0.2) is 22.8 Å². The van der Waals surface area contributed by atoms with Gasteiger partial charge in [-0.25, -0.2) is 14.6 Å². The van der Waals surface area contributed by atoms with Crippen molar-refractivity contribution in [2.24, 2.45) is 0 Å². The molecule has 0 saturated carbocycles. The van der Waals surface area contributed by atoms with E-state index < -0.39 is 0 Å². The summed E-state index contributed by atoms with van der Waals surface area (Å²) < 4.78 is 4.72. The Morgan fingerprint density at radius 3 is 2.44 bits per heavy atom. The summed E-state index contributed by atoms with van der Waals surface area (Å²) in [6.07, 6.45) is 2.01. The van der Waals surface area contributed by atoms with Gasteiger partial charge in [0.15, 0.2) is 11.6 Å². The highest BCUT2D eigenvalue weighted by atomic mass is 35.5. The van der Waals surface area contributed by atoms with E-state index in [0.29, 0.717) is 39.0 Å². The van der Waals surface area contributed by atoms with Crippen LogP contribution in [0.3, 0.4) is 0 Å². The lowest BCUT2D eigenvalue weighted by Crippen LogP contribution is -2.35.